The van der Waals surface area contributed by atoms with Gasteiger partial charge in [0, 0.05) is 25.0 Å². The van der Waals surface area contributed by atoms with Crippen LogP contribution in [0.1, 0.15) is 25.3 Å². The van der Waals surface area contributed by atoms with Crippen molar-refractivity contribution in [2.75, 3.05) is 7.05 Å². The molecule has 1 atom stereocenters. The average Bonchev–Trinajstić information content (AvgIpc) is 2.27. The molecule has 1 unspecified atom stereocenters. The molecule has 0 N–H and O–H groups in total. The van der Waals surface area contributed by atoms with Crippen molar-refractivity contribution in [1.82, 2.24) is 9.88 Å². The van der Waals surface area contributed by atoms with Crippen LogP contribution in [0.2, 0.25) is 0 Å². The van der Waals surface area contributed by atoms with Crippen molar-refractivity contribution >= 4 is 0 Å². The summed E-state index contributed by atoms with van der Waals surface area (Å²) in [6.07, 6.45) is 5.20. The summed E-state index contributed by atoms with van der Waals surface area (Å²) in [7, 11) is 2.06. The van der Waals surface area contributed by atoms with Crippen LogP contribution in [-0.2, 0) is 6.54 Å². The molecule has 1 aromatic rings. The Bertz CT molecular complexity index is 315. The lowest BCUT2D eigenvalue weighted by Crippen LogP contribution is -2.30. The van der Waals surface area contributed by atoms with Crippen LogP contribution in [0.25, 0.3) is 0 Å². The van der Waals surface area contributed by atoms with Gasteiger partial charge in [0.05, 0.1) is 12.5 Å². The van der Waals surface area contributed by atoms with Crippen molar-refractivity contribution in [2.45, 2.75) is 32.4 Å². The minimum Gasteiger partial charge on any atom is -0.298 e. The van der Waals surface area contributed by atoms with Gasteiger partial charge in [-0.2, -0.15) is 5.26 Å². The molecule has 0 aromatic carbocycles. The van der Waals surface area contributed by atoms with Crippen molar-refractivity contribution < 1.29 is 0 Å². The van der Waals surface area contributed by atoms with Gasteiger partial charge in [-0.25, -0.2) is 0 Å². The largest absolute Gasteiger partial charge is 0.298 e. The number of rotatable bonds is 5. The molecule has 0 bridgehead atoms. The molecule has 0 aliphatic carbocycles. The predicted octanol–water partition coefficient (Wildman–Crippen LogP) is 2.21. The van der Waals surface area contributed by atoms with E-state index in [4.69, 9.17) is 5.26 Å². The molecule has 1 heterocycles. The van der Waals surface area contributed by atoms with Crippen molar-refractivity contribution in [1.29, 1.82) is 5.26 Å². The minimum absolute atomic E-state index is 0.350. The Kier molecular flexibility index (Phi) is 4.79. The Morgan fingerprint density at radius 2 is 2.13 bits per heavy atom. The highest BCUT2D eigenvalue weighted by atomic mass is 15.1. The summed E-state index contributed by atoms with van der Waals surface area (Å²) >= 11 is 0. The molecule has 1 rings (SSSR count). The zero-order valence-corrected chi connectivity index (χ0v) is 9.35. The van der Waals surface area contributed by atoms with Crippen LogP contribution < -0.4 is 0 Å². The predicted molar refractivity (Wildman–Crippen MR) is 60.0 cm³/mol. The fourth-order valence-corrected chi connectivity index (χ4v) is 1.62. The second-order valence-electron chi connectivity index (χ2n) is 3.69. The molecule has 80 valence electrons. The van der Waals surface area contributed by atoms with Crippen molar-refractivity contribution in [2.24, 2.45) is 0 Å². The number of nitrogens with zero attached hydrogens (tertiary/aromatic N) is 3. The maximum Gasteiger partial charge on any atom is 0.0638 e. The summed E-state index contributed by atoms with van der Waals surface area (Å²) < 4.78 is 0. The molecule has 0 aliphatic heterocycles. The van der Waals surface area contributed by atoms with E-state index >= 15 is 0 Å². The van der Waals surface area contributed by atoms with E-state index in [9.17, 15) is 0 Å². The Balaban J connectivity index is 2.54. The molecule has 1 aromatic heterocycles. The fraction of sp³-hybridized carbons (Fsp3) is 0.500. The summed E-state index contributed by atoms with van der Waals surface area (Å²) in [5.74, 6) is 0. The lowest BCUT2D eigenvalue weighted by Gasteiger charge is -2.24. The first kappa shape index (κ1) is 11.7. The SMILES string of the molecule is CCC(CC#N)N(C)Cc1ccncc1. The number of hydrogen-bond donors (Lipinski definition) is 0. The van der Waals surface area contributed by atoms with Crippen molar-refractivity contribution in [3.8, 4) is 6.07 Å². The molecule has 0 saturated carbocycles. The third kappa shape index (κ3) is 3.69. The zero-order chi connectivity index (χ0) is 11.1. The Morgan fingerprint density at radius 1 is 1.47 bits per heavy atom. The maximum atomic E-state index is 8.70. The quantitative estimate of drug-likeness (QED) is 0.736. The topological polar surface area (TPSA) is 39.9 Å². The highest BCUT2D eigenvalue weighted by molar-refractivity contribution is 5.09. The molecule has 0 radical (unpaired) electrons. The molecule has 0 amide bonds. The van der Waals surface area contributed by atoms with Gasteiger partial charge in [0.15, 0.2) is 0 Å². The molecular formula is C12H17N3. The van der Waals surface area contributed by atoms with E-state index in [0.717, 1.165) is 13.0 Å². The molecule has 3 heteroatoms. The molecule has 0 fully saturated rings. The monoisotopic (exact) mass is 203 g/mol. The van der Waals surface area contributed by atoms with E-state index < -0.39 is 0 Å². The van der Waals surface area contributed by atoms with E-state index in [0.29, 0.717) is 12.5 Å². The van der Waals surface area contributed by atoms with E-state index in [2.05, 4.69) is 29.9 Å². The lowest BCUT2D eigenvalue weighted by molar-refractivity contribution is 0.230. The fourth-order valence-electron chi connectivity index (χ4n) is 1.62. The first-order chi connectivity index (χ1) is 7.27. The van der Waals surface area contributed by atoms with Crippen LogP contribution in [0.4, 0.5) is 0 Å². The molecule has 3 nitrogen and oxygen atoms in total. The van der Waals surface area contributed by atoms with Gasteiger partial charge in [-0.1, -0.05) is 6.92 Å². The Labute approximate surface area is 91.4 Å². The van der Waals surface area contributed by atoms with E-state index in [1.807, 2.05) is 12.1 Å². The van der Waals surface area contributed by atoms with Gasteiger partial charge < -0.3 is 0 Å². The molecule has 0 spiro atoms. The summed E-state index contributed by atoms with van der Waals surface area (Å²) in [4.78, 5) is 6.20. The zero-order valence-electron chi connectivity index (χ0n) is 9.35. The van der Waals surface area contributed by atoms with Crippen LogP contribution in [-0.4, -0.2) is 23.0 Å². The lowest BCUT2D eigenvalue weighted by atomic mass is 10.1. The van der Waals surface area contributed by atoms with E-state index in [1.165, 1.54) is 5.56 Å². The van der Waals surface area contributed by atoms with Crippen LogP contribution in [0.15, 0.2) is 24.5 Å². The smallest absolute Gasteiger partial charge is 0.0638 e. The maximum absolute atomic E-state index is 8.70. The van der Waals surface area contributed by atoms with Gasteiger partial charge in [0.25, 0.3) is 0 Å². The van der Waals surface area contributed by atoms with Gasteiger partial charge in [-0.05, 0) is 31.2 Å². The van der Waals surface area contributed by atoms with E-state index in [-0.39, 0.29) is 0 Å². The highest BCUT2D eigenvalue weighted by Gasteiger charge is 2.11. The number of nitriles is 1. The van der Waals surface area contributed by atoms with Gasteiger partial charge in [-0.15, -0.1) is 0 Å². The molecular weight excluding hydrogens is 186 g/mol. The second kappa shape index (κ2) is 6.15. The molecule has 0 aliphatic rings. The van der Waals surface area contributed by atoms with Crippen molar-refractivity contribution in [3.05, 3.63) is 30.1 Å². The van der Waals surface area contributed by atoms with Gasteiger partial charge in [-0.3, -0.25) is 9.88 Å². The third-order valence-corrected chi connectivity index (χ3v) is 2.60. The van der Waals surface area contributed by atoms with Crippen LogP contribution >= 0.6 is 0 Å². The number of aromatic nitrogens is 1. The number of pyridine rings is 1. The van der Waals surface area contributed by atoms with Crippen LogP contribution in [0.5, 0.6) is 0 Å². The summed E-state index contributed by atoms with van der Waals surface area (Å²) in [5.41, 5.74) is 1.24. The average molecular weight is 203 g/mol. The van der Waals surface area contributed by atoms with Gasteiger partial charge in [0.1, 0.15) is 0 Å². The summed E-state index contributed by atoms with van der Waals surface area (Å²) in [5, 5.41) is 8.70. The first-order valence-electron chi connectivity index (χ1n) is 5.24. The number of hydrogen-bond acceptors (Lipinski definition) is 3. The highest BCUT2D eigenvalue weighted by Crippen LogP contribution is 2.10. The normalized spacial score (nSPS) is 12.4. The summed E-state index contributed by atoms with van der Waals surface area (Å²) in [6, 6.07) is 6.60. The third-order valence-electron chi connectivity index (χ3n) is 2.60. The first-order valence-corrected chi connectivity index (χ1v) is 5.24. The van der Waals surface area contributed by atoms with Crippen LogP contribution in [0, 0.1) is 11.3 Å². The Hall–Kier alpha value is -1.40. The standard InChI is InChI=1S/C12H17N3/c1-3-12(4-7-13)15(2)10-11-5-8-14-9-6-11/h5-6,8-9,12H,3-4,10H2,1-2H3. The second-order valence-corrected chi connectivity index (χ2v) is 3.69. The van der Waals surface area contributed by atoms with Gasteiger partial charge in [0.2, 0.25) is 0 Å². The van der Waals surface area contributed by atoms with Crippen molar-refractivity contribution in [3.63, 3.8) is 0 Å². The summed E-state index contributed by atoms with van der Waals surface area (Å²) in [6.45, 7) is 2.99. The molecule has 15 heavy (non-hydrogen) atoms. The molecule has 0 saturated heterocycles. The van der Waals surface area contributed by atoms with Gasteiger partial charge >= 0.3 is 0 Å². The van der Waals surface area contributed by atoms with E-state index in [1.54, 1.807) is 12.4 Å². The van der Waals surface area contributed by atoms with Crippen LogP contribution in [0.3, 0.4) is 0 Å². The minimum atomic E-state index is 0.350. The Morgan fingerprint density at radius 3 is 2.67 bits per heavy atom.